The lowest BCUT2D eigenvalue weighted by Gasteiger charge is -2.07. The summed E-state index contributed by atoms with van der Waals surface area (Å²) < 4.78 is 0. The van der Waals surface area contributed by atoms with Gasteiger partial charge in [-0.1, -0.05) is 24.3 Å². The lowest BCUT2D eigenvalue weighted by atomic mass is 10.0. The number of benzene rings is 1. The van der Waals surface area contributed by atoms with E-state index in [4.69, 9.17) is 10.8 Å². The third-order valence-electron chi connectivity index (χ3n) is 3.25. The fraction of sp³-hybridized carbons (Fsp3) is 0.250. The zero-order valence-electron chi connectivity index (χ0n) is 11.2. The predicted octanol–water partition coefficient (Wildman–Crippen LogP) is 1.82. The maximum Gasteiger partial charge on any atom is 0.320 e. The van der Waals surface area contributed by atoms with E-state index in [1.54, 1.807) is 12.4 Å². The summed E-state index contributed by atoms with van der Waals surface area (Å²) in [5.41, 5.74) is 8.96. The van der Waals surface area contributed by atoms with E-state index in [9.17, 15) is 4.79 Å². The van der Waals surface area contributed by atoms with Crippen LogP contribution in [0.3, 0.4) is 0 Å². The van der Waals surface area contributed by atoms with E-state index in [0.717, 1.165) is 18.4 Å². The molecule has 2 rings (SSSR count). The third kappa shape index (κ3) is 4.17. The molecule has 4 nitrogen and oxygen atoms in total. The standard InChI is InChI=1S/C16H18N2O2/c17-15(16(19)20)11-14-5-3-12(4-6-14)1-2-13-7-9-18-10-8-13/h3-10,15H,1-2,11,17H2,(H,19,20)/t15-/m0/s1. The molecule has 0 unspecified atom stereocenters. The number of nitrogens with zero attached hydrogens (tertiary/aromatic N) is 1. The number of nitrogens with two attached hydrogens (primary N) is 1. The van der Waals surface area contributed by atoms with E-state index in [-0.39, 0.29) is 0 Å². The van der Waals surface area contributed by atoms with Gasteiger partial charge in [0.25, 0.3) is 0 Å². The number of pyridine rings is 1. The molecule has 0 aliphatic heterocycles. The largest absolute Gasteiger partial charge is 0.480 e. The van der Waals surface area contributed by atoms with E-state index in [2.05, 4.69) is 4.98 Å². The van der Waals surface area contributed by atoms with Gasteiger partial charge in [0, 0.05) is 12.4 Å². The van der Waals surface area contributed by atoms with Crippen molar-refractivity contribution < 1.29 is 9.90 Å². The number of hydrogen-bond donors (Lipinski definition) is 2. The second-order valence-electron chi connectivity index (χ2n) is 4.82. The minimum Gasteiger partial charge on any atom is -0.480 e. The van der Waals surface area contributed by atoms with Crippen molar-refractivity contribution in [2.45, 2.75) is 25.3 Å². The number of carboxylic acids is 1. The Morgan fingerprint density at radius 3 is 2.05 bits per heavy atom. The molecule has 0 aliphatic carbocycles. The number of carbonyl (C=O) groups is 1. The summed E-state index contributed by atoms with van der Waals surface area (Å²) >= 11 is 0. The van der Waals surface area contributed by atoms with Crippen LogP contribution >= 0.6 is 0 Å². The van der Waals surface area contributed by atoms with Crippen LogP contribution in [0.15, 0.2) is 48.8 Å². The predicted molar refractivity (Wildman–Crippen MR) is 77.4 cm³/mol. The van der Waals surface area contributed by atoms with Crippen molar-refractivity contribution in [2.75, 3.05) is 0 Å². The molecule has 2 aromatic rings. The molecule has 1 aromatic carbocycles. The molecule has 1 aromatic heterocycles. The van der Waals surface area contributed by atoms with Crippen molar-refractivity contribution in [3.63, 3.8) is 0 Å². The van der Waals surface area contributed by atoms with Gasteiger partial charge < -0.3 is 10.8 Å². The molecule has 0 radical (unpaired) electrons. The van der Waals surface area contributed by atoms with Crippen molar-refractivity contribution in [3.05, 3.63) is 65.5 Å². The Kier molecular flexibility index (Phi) is 4.85. The van der Waals surface area contributed by atoms with Gasteiger partial charge in [-0.3, -0.25) is 9.78 Å². The first-order valence-electron chi connectivity index (χ1n) is 6.60. The van der Waals surface area contributed by atoms with Crippen molar-refractivity contribution in [1.29, 1.82) is 0 Å². The highest BCUT2D eigenvalue weighted by Crippen LogP contribution is 2.10. The third-order valence-corrected chi connectivity index (χ3v) is 3.25. The molecule has 1 atom stereocenters. The summed E-state index contributed by atoms with van der Waals surface area (Å²) in [7, 11) is 0. The molecule has 4 heteroatoms. The van der Waals surface area contributed by atoms with Crippen LogP contribution in [-0.4, -0.2) is 22.1 Å². The summed E-state index contributed by atoms with van der Waals surface area (Å²) in [6, 6.07) is 11.2. The van der Waals surface area contributed by atoms with Gasteiger partial charge in [-0.2, -0.15) is 0 Å². The Balaban J connectivity index is 1.90. The van der Waals surface area contributed by atoms with Gasteiger partial charge in [-0.05, 0) is 48.1 Å². The Morgan fingerprint density at radius 1 is 1.00 bits per heavy atom. The number of aromatic nitrogens is 1. The topological polar surface area (TPSA) is 76.2 Å². The zero-order chi connectivity index (χ0) is 14.4. The average Bonchev–Trinajstić information content (AvgIpc) is 2.47. The number of hydrogen-bond acceptors (Lipinski definition) is 3. The summed E-state index contributed by atoms with van der Waals surface area (Å²) in [6.45, 7) is 0. The molecule has 0 fully saturated rings. The molecule has 0 saturated heterocycles. The Bertz CT molecular complexity index is 552. The zero-order valence-corrected chi connectivity index (χ0v) is 11.2. The summed E-state index contributed by atoms with van der Waals surface area (Å²) in [5.74, 6) is -0.966. The van der Waals surface area contributed by atoms with Crippen LogP contribution in [0.2, 0.25) is 0 Å². The van der Waals surface area contributed by atoms with Crippen molar-refractivity contribution >= 4 is 5.97 Å². The number of rotatable bonds is 6. The summed E-state index contributed by atoms with van der Waals surface area (Å²) in [5, 5.41) is 8.78. The first-order chi connectivity index (χ1) is 9.65. The van der Waals surface area contributed by atoms with Crippen LogP contribution in [0.1, 0.15) is 16.7 Å². The first kappa shape index (κ1) is 14.2. The van der Waals surface area contributed by atoms with Gasteiger partial charge >= 0.3 is 5.97 Å². The summed E-state index contributed by atoms with van der Waals surface area (Å²) in [4.78, 5) is 14.7. The normalized spacial score (nSPS) is 12.1. The quantitative estimate of drug-likeness (QED) is 0.839. The molecular formula is C16H18N2O2. The molecule has 0 amide bonds. The minimum atomic E-state index is -0.966. The fourth-order valence-corrected chi connectivity index (χ4v) is 2.02. The molecule has 0 saturated carbocycles. The molecule has 0 bridgehead atoms. The van der Waals surface area contributed by atoms with Crippen LogP contribution in [0.5, 0.6) is 0 Å². The van der Waals surface area contributed by atoms with Gasteiger partial charge in [-0.25, -0.2) is 0 Å². The van der Waals surface area contributed by atoms with Crippen LogP contribution in [0.4, 0.5) is 0 Å². The lowest BCUT2D eigenvalue weighted by molar-refractivity contribution is -0.138. The van der Waals surface area contributed by atoms with Gasteiger partial charge in [0.1, 0.15) is 6.04 Å². The number of aliphatic carboxylic acids is 1. The summed E-state index contributed by atoms with van der Waals surface area (Å²) in [6.07, 6.45) is 5.88. The van der Waals surface area contributed by atoms with Gasteiger partial charge in [0.05, 0.1) is 0 Å². The molecule has 0 aliphatic rings. The van der Waals surface area contributed by atoms with Crippen LogP contribution < -0.4 is 5.73 Å². The highest BCUT2D eigenvalue weighted by Gasteiger charge is 2.11. The van der Waals surface area contributed by atoms with Crippen molar-refractivity contribution in [3.8, 4) is 0 Å². The maximum absolute atomic E-state index is 10.7. The Morgan fingerprint density at radius 2 is 1.50 bits per heavy atom. The molecule has 1 heterocycles. The van der Waals surface area contributed by atoms with E-state index in [1.165, 1.54) is 11.1 Å². The second-order valence-corrected chi connectivity index (χ2v) is 4.82. The average molecular weight is 270 g/mol. The first-order valence-corrected chi connectivity index (χ1v) is 6.60. The van der Waals surface area contributed by atoms with Crippen LogP contribution in [-0.2, 0) is 24.1 Å². The van der Waals surface area contributed by atoms with E-state index >= 15 is 0 Å². The lowest BCUT2D eigenvalue weighted by Crippen LogP contribution is -2.32. The molecule has 20 heavy (non-hydrogen) atoms. The van der Waals surface area contributed by atoms with Crippen molar-refractivity contribution in [1.82, 2.24) is 4.98 Å². The molecular weight excluding hydrogens is 252 g/mol. The Hall–Kier alpha value is -2.20. The SMILES string of the molecule is N[C@@H](Cc1ccc(CCc2ccncc2)cc1)C(=O)O. The highest BCUT2D eigenvalue weighted by molar-refractivity contribution is 5.73. The smallest absolute Gasteiger partial charge is 0.320 e. The molecule has 0 spiro atoms. The fourth-order valence-electron chi connectivity index (χ4n) is 2.02. The minimum absolute atomic E-state index is 0.361. The van der Waals surface area contributed by atoms with Gasteiger partial charge in [0.2, 0.25) is 0 Å². The molecule has 104 valence electrons. The Labute approximate surface area is 118 Å². The van der Waals surface area contributed by atoms with Crippen molar-refractivity contribution in [2.24, 2.45) is 5.73 Å². The van der Waals surface area contributed by atoms with E-state index < -0.39 is 12.0 Å². The number of aryl methyl sites for hydroxylation is 2. The van der Waals surface area contributed by atoms with Gasteiger partial charge in [-0.15, -0.1) is 0 Å². The van der Waals surface area contributed by atoms with Gasteiger partial charge in [0.15, 0.2) is 0 Å². The van der Waals surface area contributed by atoms with Crippen LogP contribution in [0, 0.1) is 0 Å². The second kappa shape index (κ2) is 6.82. The van der Waals surface area contributed by atoms with E-state index in [1.807, 2.05) is 36.4 Å². The van der Waals surface area contributed by atoms with E-state index in [0.29, 0.717) is 6.42 Å². The van der Waals surface area contributed by atoms with Crippen LogP contribution in [0.25, 0.3) is 0 Å². The molecule has 3 N–H and O–H groups in total. The monoisotopic (exact) mass is 270 g/mol. The highest BCUT2D eigenvalue weighted by atomic mass is 16.4. The maximum atomic E-state index is 10.7. The number of carboxylic acid groups (broad SMARTS) is 1.